The maximum Gasteiger partial charge on any atom is 0.0196 e. The number of aryl methyl sites for hydroxylation is 1. The predicted molar refractivity (Wildman–Crippen MR) is 108 cm³/mol. The molecule has 1 aromatic carbocycles. The molecule has 0 unspecified atom stereocenters. The van der Waals surface area contributed by atoms with Gasteiger partial charge < -0.3 is 0 Å². The molecule has 1 aromatic rings. The Bertz CT molecular complexity index is 657. The van der Waals surface area contributed by atoms with Crippen LogP contribution in [0.15, 0.2) is 35.9 Å². The van der Waals surface area contributed by atoms with Gasteiger partial charge >= 0.3 is 0 Å². The molecular weight excluding hydrogens is 302 g/mol. The van der Waals surface area contributed by atoms with Gasteiger partial charge in [0.25, 0.3) is 0 Å². The fourth-order valence-corrected chi connectivity index (χ4v) is 4.88. The van der Waals surface area contributed by atoms with Gasteiger partial charge in [0, 0.05) is 25.6 Å². The summed E-state index contributed by atoms with van der Waals surface area (Å²) in [6.07, 6.45) is 13.5. The van der Waals surface area contributed by atoms with E-state index in [4.69, 9.17) is 0 Å². The lowest BCUT2D eigenvalue weighted by atomic mass is 9.83. The Morgan fingerprint density at radius 1 is 1.12 bits per heavy atom. The maximum absolute atomic E-state index is 4.10. The third-order valence-electron chi connectivity index (χ3n) is 6.61. The van der Waals surface area contributed by atoms with Crippen molar-refractivity contribution in [2.45, 2.75) is 58.3 Å². The minimum atomic E-state index is 0.735. The van der Waals surface area contributed by atoms with Crippen molar-refractivity contribution < 1.29 is 0 Å². The third-order valence-corrected chi connectivity index (χ3v) is 6.61. The first-order valence-corrected chi connectivity index (χ1v) is 10.4. The van der Waals surface area contributed by atoms with E-state index >= 15 is 0 Å². The second kappa shape index (κ2) is 7.50. The summed E-state index contributed by atoms with van der Waals surface area (Å²) < 4.78 is 0. The van der Waals surface area contributed by atoms with Gasteiger partial charge in [0.15, 0.2) is 0 Å². The Morgan fingerprint density at radius 3 is 2.68 bits per heavy atom. The highest BCUT2D eigenvalue weighted by atomic mass is 15.2. The van der Waals surface area contributed by atoms with Gasteiger partial charge in [-0.3, -0.25) is 4.90 Å². The van der Waals surface area contributed by atoms with E-state index in [0.717, 1.165) is 18.4 Å². The summed E-state index contributed by atoms with van der Waals surface area (Å²) in [5.74, 6) is 1.67. The zero-order chi connectivity index (χ0) is 17.2. The van der Waals surface area contributed by atoms with Crippen molar-refractivity contribution in [3.05, 3.63) is 52.6 Å². The molecule has 1 aliphatic heterocycles. The molecule has 0 bridgehead atoms. The van der Waals surface area contributed by atoms with Crippen LogP contribution in [0.2, 0.25) is 0 Å². The van der Waals surface area contributed by atoms with E-state index in [2.05, 4.69) is 42.7 Å². The summed E-state index contributed by atoms with van der Waals surface area (Å²) in [7, 11) is 0. The average Bonchev–Trinajstić information content (AvgIpc) is 2.58. The molecular formula is C24H33N. The summed E-state index contributed by atoms with van der Waals surface area (Å²) in [6, 6.07) is 7.30. The van der Waals surface area contributed by atoms with Gasteiger partial charge in [-0.25, -0.2) is 0 Å². The molecule has 0 spiro atoms. The molecule has 1 heterocycles. The predicted octanol–water partition coefficient (Wildman–Crippen LogP) is 5.65. The van der Waals surface area contributed by atoms with Crippen LogP contribution in [0.5, 0.6) is 0 Å². The number of fused-ring (bicyclic) bond motifs is 1. The van der Waals surface area contributed by atoms with Crippen LogP contribution in [0.25, 0.3) is 6.08 Å². The zero-order valence-electron chi connectivity index (χ0n) is 15.9. The molecule has 0 amide bonds. The SMILES string of the molecule is C=C(C)C1CN(CC2=Cc3ccc(CC4CCCCC4)cc3CC2)C1. The molecule has 0 N–H and O–H groups in total. The molecule has 1 nitrogen and oxygen atoms in total. The first-order chi connectivity index (χ1) is 12.2. The summed E-state index contributed by atoms with van der Waals surface area (Å²) in [5.41, 5.74) is 7.61. The van der Waals surface area contributed by atoms with Crippen LogP contribution in [0, 0.1) is 11.8 Å². The molecule has 0 radical (unpaired) electrons. The van der Waals surface area contributed by atoms with Crippen molar-refractivity contribution in [1.29, 1.82) is 0 Å². The lowest BCUT2D eigenvalue weighted by Gasteiger charge is -2.40. The number of rotatable bonds is 5. The minimum absolute atomic E-state index is 0.735. The van der Waals surface area contributed by atoms with Crippen molar-refractivity contribution in [1.82, 2.24) is 4.90 Å². The summed E-state index contributed by atoms with van der Waals surface area (Å²) >= 11 is 0. The summed E-state index contributed by atoms with van der Waals surface area (Å²) in [4.78, 5) is 2.58. The van der Waals surface area contributed by atoms with Crippen LogP contribution in [0.1, 0.15) is 62.1 Å². The highest BCUT2D eigenvalue weighted by Crippen LogP contribution is 2.31. The van der Waals surface area contributed by atoms with Crippen LogP contribution in [-0.2, 0) is 12.8 Å². The zero-order valence-corrected chi connectivity index (χ0v) is 15.9. The van der Waals surface area contributed by atoms with E-state index in [1.165, 1.54) is 75.6 Å². The Labute approximate surface area is 153 Å². The van der Waals surface area contributed by atoms with E-state index in [9.17, 15) is 0 Å². The molecule has 0 aromatic heterocycles. The largest absolute Gasteiger partial charge is 0.298 e. The van der Waals surface area contributed by atoms with Crippen molar-refractivity contribution in [2.24, 2.45) is 11.8 Å². The van der Waals surface area contributed by atoms with Crippen LogP contribution in [0.3, 0.4) is 0 Å². The van der Waals surface area contributed by atoms with Gasteiger partial charge in [-0.2, -0.15) is 0 Å². The number of likely N-dealkylation sites (tertiary alicyclic amines) is 1. The van der Waals surface area contributed by atoms with Gasteiger partial charge in [0.1, 0.15) is 0 Å². The van der Waals surface area contributed by atoms with Gasteiger partial charge in [-0.15, -0.1) is 0 Å². The van der Waals surface area contributed by atoms with Crippen molar-refractivity contribution in [3.8, 4) is 0 Å². The number of hydrogen-bond acceptors (Lipinski definition) is 1. The highest BCUT2D eigenvalue weighted by Gasteiger charge is 2.27. The molecule has 4 rings (SSSR count). The quantitative estimate of drug-likeness (QED) is 0.629. The van der Waals surface area contributed by atoms with Crippen LogP contribution >= 0.6 is 0 Å². The minimum Gasteiger partial charge on any atom is -0.298 e. The molecule has 2 fully saturated rings. The maximum atomic E-state index is 4.10. The fourth-order valence-electron chi connectivity index (χ4n) is 4.88. The molecule has 134 valence electrons. The first-order valence-electron chi connectivity index (χ1n) is 10.4. The van der Waals surface area contributed by atoms with Gasteiger partial charge in [-0.1, -0.05) is 74.1 Å². The lowest BCUT2D eigenvalue weighted by molar-refractivity contribution is 0.136. The Kier molecular flexibility index (Phi) is 5.12. The normalized spacial score (nSPS) is 22.2. The second-order valence-electron chi connectivity index (χ2n) is 8.78. The van der Waals surface area contributed by atoms with Gasteiger partial charge in [0.05, 0.1) is 0 Å². The molecule has 0 atom stereocenters. The Balaban J connectivity index is 1.36. The smallest absolute Gasteiger partial charge is 0.0196 e. The summed E-state index contributed by atoms with van der Waals surface area (Å²) in [6.45, 7) is 9.84. The fraction of sp³-hybridized carbons (Fsp3) is 0.583. The monoisotopic (exact) mass is 335 g/mol. The molecule has 1 saturated heterocycles. The van der Waals surface area contributed by atoms with E-state index in [1.54, 1.807) is 16.7 Å². The van der Waals surface area contributed by atoms with Crippen LogP contribution in [0.4, 0.5) is 0 Å². The first kappa shape index (κ1) is 17.1. The number of benzene rings is 1. The molecule has 2 aliphatic carbocycles. The van der Waals surface area contributed by atoms with E-state index in [0.29, 0.717) is 0 Å². The number of hydrogen-bond donors (Lipinski definition) is 0. The molecule has 3 aliphatic rings. The van der Waals surface area contributed by atoms with E-state index < -0.39 is 0 Å². The van der Waals surface area contributed by atoms with Gasteiger partial charge in [0.2, 0.25) is 0 Å². The standard InChI is InChI=1S/C24H33N/c1-18(2)24-16-25(17-24)15-21-9-11-22-13-20(8-10-23(22)14-21)12-19-6-4-3-5-7-19/h8,10,13-14,19,24H,1,3-7,9,11-12,15-17H2,2H3. The highest BCUT2D eigenvalue weighted by molar-refractivity contribution is 5.60. The Hall–Kier alpha value is -1.34. The summed E-state index contributed by atoms with van der Waals surface area (Å²) in [5, 5.41) is 0. The number of nitrogens with zero attached hydrogens (tertiary/aromatic N) is 1. The topological polar surface area (TPSA) is 3.24 Å². The lowest BCUT2D eigenvalue weighted by Crippen LogP contribution is -2.47. The van der Waals surface area contributed by atoms with Gasteiger partial charge in [-0.05, 0) is 48.8 Å². The molecule has 1 heteroatoms. The Morgan fingerprint density at radius 2 is 1.92 bits per heavy atom. The van der Waals surface area contributed by atoms with Crippen molar-refractivity contribution in [3.63, 3.8) is 0 Å². The molecule has 25 heavy (non-hydrogen) atoms. The van der Waals surface area contributed by atoms with Crippen molar-refractivity contribution in [2.75, 3.05) is 19.6 Å². The average molecular weight is 336 g/mol. The van der Waals surface area contributed by atoms with E-state index in [-0.39, 0.29) is 0 Å². The van der Waals surface area contributed by atoms with Crippen LogP contribution in [-0.4, -0.2) is 24.5 Å². The third kappa shape index (κ3) is 4.08. The van der Waals surface area contributed by atoms with Crippen LogP contribution < -0.4 is 0 Å². The van der Waals surface area contributed by atoms with Crippen molar-refractivity contribution >= 4 is 6.08 Å². The van der Waals surface area contributed by atoms with E-state index in [1.807, 2.05) is 0 Å². The molecule has 1 saturated carbocycles. The second-order valence-corrected chi connectivity index (χ2v) is 8.78.